The lowest BCUT2D eigenvalue weighted by molar-refractivity contribution is 0.590. The lowest BCUT2D eigenvalue weighted by Gasteiger charge is -2.01. The molecule has 0 radical (unpaired) electrons. The van der Waals surface area contributed by atoms with E-state index >= 15 is 0 Å². The highest BCUT2D eigenvalue weighted by Crippen LogP contribution is 2.34. The fourth-order valence-corrected chi connectivity index (χ4v) is 1.66. The first-order valence-electron chi connectivity index (χ1n) is 3.82. The molecule has 0 saturated carbocycles. The van der Waals surface area contributed by atoms with Gasteiger partial charge >= 0.3 is 6.01 Å². The minimum Gasteiger partial charge on any atom is -0.404 e. The molecule has 1 aromatic heterocycles. The number of nitrogens with two attached hydrogens (primary N) is 1. The van der Waals surface area contributed by atoms with Crippen LogP contribution in [0.4, 0.5) is 6.01 Å². The second-order valence-corrected chi connectivity index (χ2v) is 3.91. The molecular weight excluding hydrogens is 260 g/mol. The van der Waals surface area contributed by atoms with Crippen LogP contribution in [-0.2, 0) is 0 Å². The minimum atomic E-state index is -0.0351. The standard InChI is InChI=1S/C8H4Cl3N3O/c9-4-2-6(11)5(10)1-3(4)7-13-14-8(12)15-7/h1-2H,(H2,12,14). The SMILES string of the molecule is Nc1nnc(-c2cc(Cl)c(Cl)cc2Cl)o1. The van der Waals surface area contributed by atoms with E-state index in [9.17, 15) is 0 Å². The Morgan fingerprint density at radius 1 is 1.00 bits per heavy atom. The summed E-state index contributed by atoms with van der Waals surface area (Å²) in [6.07, 6.45) is 0. The molecule has 0 unspecified atom stereocenters. The van der Waals surface area contributed by atoms with Crippen LogP contribution in [-0.4, -0.2) is 10.2 Å². The van der Waals surface area contributed by atoms with Crippen LogP contribution in [0.5, 0.6) is 0 Å². The van der Waals surface area contributed by atoms with Gasteiger partial charge in [0, 0.05) is 0 Å². The normalized spacial score (nSPS) is 10.6. The Morgan fingerprint density at radius 2 is 1.67 bits per heavy atom. The Morgan fingerprint density at radius 3 is 2.27 bits per heavy atom. The summed E-state index contributed by atoms with van der Waals surface area (Å²) in [5.41, 5.74) is 5.79. The summed E-state index contributed by atoms with van der Waals surface area (Å²) in [5.74, 6) is 0.205. The van der Waals surface area contributed by atoms with E-state index in [0.717, 1.165) is 0 Å². The highest BCUT2D eigenvalue weighted by molar-refractivity contribution is 6.43. The fourth-order valence-electron chi connectivity index (χ4n) is 1.03. The summed E-state index contributed by atoms with van der Waals surface area (Å²) in [6.45, 7) is 0. The van der Waals surface area contributed by atoms with E-state index in [0.29, 0.717) is 20.6 Å². The summed E-state index contributed by atoms with van der Waals surface area (Å²) >= 11 is 17.5. The Labute approximate surface area is 99.9 Å². The van der Waals surface area contributed by atoms with Crippen molar-refractivity contribution in [2.24, 2.45) is 0 Å². The van der Waals surface area contributed by atoms with Crippen LogP contribution in [0.2, 0.25) is 15.1 Å². The Kier molecular flexibility index (Phi) is 2.73. The molecule has 1 heterocycles. The van der Waals surface area contributed by atoms with E-state index in [1.807, 2.05) is 0 Å². The van der Waals surface area contributed by atoms with Crippen LogP contribution in [0.15, 0.2) is 16.5 Å². The molecule has 0 aliphatic heterocycles. The third-order valence-corrected chi connectivity index (χ3v) is 2.72. The van der Waals surface area contributed by atoms with Crippen LogP contribution in [0.25, 0.3) is 11.5 Å². The molecule has 4 nitrogen and oxygen atoms in total. The molecule has 2 aromatic rings. The van der Waals surface area contributed by atoms with Gasteiger partial charge in [0.1, 0.15) is 0 Å². The van der Waals surface area contributed by atoms with Crippen molar-refractivity contribution in [3.8, 4) is 11.5 Å². The molecule has 0 aliphatic carbocycles. The van der Waals surface area contributed by atoms with Crippen LogP contribution < -0.4 is 5.73 Å². The smallest absolute Gasteiger partial charge is 0.313 e. The molecule has 78 valence electrons. The summed E-state index contributed by atoms with van der Waals surface area (Å²) in [5, 5.41) is 8.28. The summed E-state index contributed by atoms with van der Waals surface area (Å²) < 4.78 is 5.01. The van der Waals surface area contributed by atoms with Crippen molar-refractivity contribution < 1.29 is 4.42 Å². The zero-order chi connectivity index (χ0) is 11.0. The van der Waals surface area contributed by atoms with Gasteiger partial charge in [0.15, 0.2) is 0 Å². The molecule has 0 spiro atoms. The van der Waals surface area contributed by atoms with Gasteiger partial charge in [-0.2, -0.15) is 0 Å². The Bertz CT molecular complexity index is 512. The predicted molar refractivity (Wildman–Crippen MR) is 59.2 cm³/mol. The van der Waals surface area contributed by atoms with Crippen LogP contribution in [0.3, 0.4) is 0 Å². The topological polar surface area (TPSA) is 64.9 Å². The van der Waals surface area contributed by atoms with E-state index < -0.39 is 0 Å². The highest BCUT2D eigenvalue weighted by Gasteiger charge is 2.13. The molecule has 2 rings (SSSR count). The molecule has 0 saturated heterocycles. The Hall–Kier alpha value is -0.970. The number of hydrogen-bond acceptors (Lipinski definition) is 4. The number of rotatable bonds is 1. The second-order valence-electron chi connectivity index (χ2n) is 2.69. The predicted octanol–water partition coefficient (Wildman–Crippen LogP) is 3.28. The van der Waals surface area contributed by atoms with Crippen molar-refractivity contribution in [3.05, 3.63) is 27.2 Å². The van der Waals surface area contributed by atoms with E-state index in [4.69, 9.17) is 45.0 Å². The molecule has 0 aliphatic rings. The molecule has 15 heavy (non-hydrogen) atoms. The summed E-state index contributed by atoms with van der Waals surface area (Å²) in [7, 11) is 0. The first kappa shape index (κ1) is 10.5. The van der Waals surface area contributed by atoms with Gasteiger partial charge in [0.25, 0.3) is 5.89 Å². The van der Waals surface area contributed by atoms with Crippen molar-refractivity contribution in [2.45, 2.75) is 0 Å². The van der Waals surface area contributed by atoms with Gasteiger partial charge in [-0.15, -0.1) is 5.10 Å². The van der Waals surface area contributed by atoms with Crippen molar-refractivity contribution >= 4 is 40.8 Å². The highest BCUT2D eigenvalue weighted by atomic mass is 35.5. The maximum atomic E-state index is 5.93. The number of nitrogens with zero attached hydrogens (tertiary/aromatic N) is 2. The maximum absolute atomic E-state index is 5.93. The zero-order valence-electron chi connectivity index (χ0n) is 7.17. The van der Waals surface area contributed by atoms with E-state index in [2.05, 4.69) is 10.2 Å². The zero-order valence-corrected chi connectivity index (χ0v) is 9.44. The van der Waals surface area contributed by atoms with Gasteiger partial charge in [0.2, 0.25) is 0 Å². The molecule has 7 heteroatoms. The first-order chi connectivity index (χ1) is 7.08. The van der Waals surface area contributed by atoms with E-state index in [1.54, 1.807) is 6.07 Å². The number of hydrogen-bond donors (Lipinski definition) is 1. The van der Waals surface area contributed by atoms with Crippen LogP contribution in [0.1, 0.15) is 0 Å². The van der Waals surface area contributed by atoms with Gasteiger partial charge in [0.05, 0.1) is 20.6 Å². The minimum absolute atomic E-state index is 0.0351. The average Bonchev–Trinajstić information content (AvgIpc) is 2.58. The number of halogens is 3. The molecule has 0 atom stereocenters. The van der Waals surface area contributed by atoms with Gasteiger partial charge in [-0.25, -0.2) is 0 Å². The number of anilines is 1. The van der Waals surface area contributed by atoms with Crippen molar-refractivity contribution in [1.29, 1.82) is 0 Å². The first-order valence-corrected chi connectivity index (χ1v) is 4.95. The molecule has 0 amide bonds. The number of nitrogen functional groups attached to an aromatic ring is 1. The Balaban J connectivity index is 2.58. The quantitative estimate of drug-likeness (QED) is 0.803. The molecular formula is C8H4Cl3N3O. The van der Waals surface area contributed by atoms with Crippen molar-refractivity contribution in [3.63, 3.8) is 0 Å². The fraction of sp³-hybridized carbons (Fsp3) is 0. The lowest BCUT2D eigenvalue weighted by Crippen LogP contribution is -1.81. The largest absolute Gasteiger partial charge is 0.404 e. The molecule has 1 aromatic carbocycles. The maximum Gasteiger partial charge on any atom is 0.313 e. The summed E-state index contributed by atoms with van der Waals surface area (Å²) in [6, 6.07) is 3.01. The average molecular weight is 264 g/mol. The third kappa shape index (κ3) is 2.02. The van der Waals surface area contributed by atoms with Crippen LogP contribution in [0, 0.1) is 0 Å². The number of aromatic nitrogens is 2. The van der Waals surface area contributed by atoms with E-state index in [1.165, 1.54) is 6.07 Å². The molecule has 0 fully saturated rings. The van der Waals surface area contributed by atoms with E-state index in [-0.39, 0.29) is 11.9 Å². The van der Waals surface area contributed by atoms with Crippen LogP contribution >= 0.6 is 34.8 Å². The lowest BCUT2D eigenvalue weighted by atomic mass is 10.2. The number of benzene rings is 1. The molecule has 2 N–H and O–H groups in total. The third-order valence-electron chi connectivity index (χ3n) is 1.68. The summed E-state index contributed by atoms with van der Waals surface area (Å²) in [4.78, 5) is 0. The van der Waals surface area contributed by atoms with Gasteiger partial charge < -0.3 is 10.2 Å². The van der Waals surface area contributed by atoms with Crippen molar-refractivity contribution in [1.82, 2.24) is 10.2 Å². The second kappa shape index (κ2) is 3.89. The van der Waals surface area contributed by atoms with Gasteiger partial charge in [-0.05, 0) is 12.1 Å². The van der Waals surface area contributed by atoms with Crippen molar-refractivity contribution in [2.75, 3.05) is 5.73 Å². The van der Waals surface area contributed by atoms with Gasteiger partial charge in [-0.1, -0.05) is 39.9 Å². The monoisotopic (exact) mass is 263 g/mol. The van der Waals surface area contributed by atoms with Gasteiger partial charge in [-0.3, -0.25) is 0 Å². The molecule has 0 bridgehead atoms.